The number of carbonyl (C=O) groups is 1. The van der Waals surface area contributed by atoms with E-state index in [-0.39, 0.29) is 11.3 Å². The lowest BCUT2D eigenvalue weighted by molar-refractivity contribution is -0.137. The fourth-order valence-electron chi connectivity index (χ4n) is 2.36. The van der Waals surface area contributed by atoms with Crippen LogP contribution in [0.15, 0.2) is 0 Å². The van der Waals surface area contributed by atoms with Crippen molar-refractivity contribution in [2.75, 3.05) is 13.1 Å². The zero-order valence-corrected chi connectivity index (χ0v) is 10.6. The molecule has 1 saturated heterocycles. The van der Waals surface area contributed by atoms with Crippen molar-refractivity contribution >= 4 is 5.91 Å². The molecule has 0 saturated carbocycles. The van der Waals surface area contributed by atoms with Gasteiger partial charge in [-0.25, -0.2) is 0 Å². The molecular weight excluding hydrogens is 200 g/mol. The second-order valence-electron chi connectivity index (χ2n) is 5.50. The third-order valence-corrected chi connectivity index (χ3v) is 3.24. The van der Waals surface area contributed by atoms with Crippen molar-refractivity contribution < 1.29 is 4.79 Å². The van der Waals surface area contributed by atoms with Gasteiger partial charge in [-0.3, -0.25) is 4.79 Å². The monoisotopic (exact) mass is 222 g/mol. The van der Waals surface area contributed by atoms with Crippen molar-refractivity contribution in [1.29, 1.82) is 5.26 Å². The Kier molecular flexibility index (Phi) is 4.35. The smallest absolute Gasteiger partial charge is 0.239 e. The average Bonchev–Trinajstić information content (AvgIpc) is 2.23. The molecule has 1 rings (SSSR count). The molecule has 0 aliphatic carbocycles. The van der Waals surface area contributed by atoms with Gasteiger partial charge in [-0.1, -0.05) is 27.2 Å². The highest BCUT2D eigenvalue weighted by atomic mass is 16.2. The molecule has 16 heavy (non-hydrogen) atoms. The maximum absolute atomic E-state index is 12.1. The first-order chi connectivity index (χ1) is 7.50. The molecule has 90 valence electrons. The minimum atomic E-state index is -0.432. The molecule has 1 atom stereocenters. The van der Waals surface area contributed by atoms with Crippen LogP contribution >= 0.6 is 0 Å². The van der Waals surface area contributed by atoms with Gasteiger partial charge in [0.15, 0.2) is 0 Å². The molecule has 0 aromatic heterocycles. The van der Waals surface area contributed by atoms with Crippen LogP contribution in [-0.4, -0.2) is 23.9 Å². The third kappa shape index (κ3) is 3.23. The molecule has 1 amide bonds. The number of hydrogen-bond acceptors (Lipinski definition) is 2. The number of rotatable bonds is 3. The van der Waals surface area contributed by atoms with Crippen molar-refractivity contribution in [3.05, 3.63) is 0 Å². The number of carbonyl (C=O) groups excluding carboxylic acids is 1. The molecule has 1 fully saturated rings. The van der Waals surface area contributed by atoms with Gasteiger partial charge in [0.05, 0.1) is 6.07 Å². The molecule has 0 radical (unpaired) electrons. The molecule has 3 heteroatoms. The normalized spacial score (nSPS) is 21.2. The van der Waals surface area contributed by atoms with E-state index in [1.165, 1.54) is 6.42 Å². The minimum absolute atomic E-state index is 0.0390. The maximum Gasteiger partial charge on any atom is 0.239 e. The fraction of sp³-hybridized carbons (Fsp3) is 0.846. The molecule has 1 aliphatic heterocycles. The number of likely N-dealkylation sites (tertiary alicyclic amines) is 1. The molecule has 1 aliphatic rings. The number of piperidine rings is 1. The van der Waals surface area contributed by atoms with Gasteiger partial charge in [0.25, 0.3) is 0 Å². The van der Waals surface area contributed by atoms with Gasteiger partial charge in [0.1, 0.15) is 5.92 Å². The SMILES string of the molecule is CCCC(C#N)C(=O)N1CCCC(C)(C)C1. The zero-order chi connectivity index (χ0) is 12.2. The summed E-state index contributed by atoms with van der Waals surface area (Å²) in [5, 5.41) is 8.99. The van der Waals surface area contributed by atoms with Crippen LogP contribution in [0.4, 0.5) is 0 Å². The lowest BCUT2D eigenvalue weighted by Gasteiger charge is -2.38. The maximum atomic E-state index is 12.1. The van der Waals surface area contributed by atoms with Crippen LogP contribution < -0.4 is 0 Å². The summed E-state index contributed by atoms with van der Waals surface area (Å²) in [6.07, 6.45) is 3.80. The summed E-state index contributed by atoms with van der Waals surface area (Å²) in [4.78, 5) is 14.0. The Morgan fingerprint density at radius 2 is 2.25 bits per heavy atom. The van der Waals surface area contributed by atoms with E-state index in [1.807, 2.05) is 11.8 Å². The number of nitriles is 1. The summed E-state index contributed by atoms with van der Waals surface area (Å²) >= 11 is 0. The number of hydrogen-bond donors (Lipinski definition) is 0. The fourth-order valence-corrected chi connectivity index (χ4v) is 2.36. The molecule has 1 heterocycles. The van der Waals surface area contributed by atoms with Crippen LogP contribution in [0.2, 0.25) is 0 Å². The summed E-state index contributed by atoms with van der Waals surface area (Å²) in [7, 11) is 0. The van der Waals surface area contributed by atoms with Crippen molar-refractivity contribution in [2.24, 2.45) is 11.3 Å². The van der Waals surface area contributed by atoms with Gasteiger partial charge >= 0.3 is 0 Å². The quantitative estimate of drug-likeness (QED) is 0.736. The predicted molar refractivity (Wildman–Crippen MR) is 63.6 cm³/mol. The standard InChI is InChI=1S/C13H22N2O/c1-4-6-11(9-14)12(16)15-8-5-7-13(2,3)10-15/h11H,4-8,10H2,1-3H3. The van der Waals surface area contributed by atoms with E-state index in [0.29, 0.717) is 6.42 Å². The first-order valence-electron chi connectivity index (χ1n) is 6.18. The highest BCUT2D eigenvalue weighted by molar-refractivity contribution is 5.81. The number of amides is 1. The Hall–Kier alpha value is -1.04. The molecule has 1 unspecified atom stereocenters. The molecule has 0 bridgehead atoms. The van der Waals surface area contributed by atoms with Crippen molar-refractivity contribution in [3.63, 3.8) is 0 Å². The van der Waals surface area contributed by atoms with E-state index < -0.39 is 5.92 Å². The van der Waals surface area contributed by atoms with E-state index in [9.17, 15) is 4.79 Å². The van der Waals surface area contributed by atoms with E-state index >= 15 is 0 Å². The minimum Gasteiger partial charge on any atom is -0.341 e. The summed E-state index contributed by atoms with van der Waals surface area (Å²) in [6, 6.07) is 2.14. The Morgan fingerprint density at radius 1 is 1.56 bits per heavy atom. The largest absolute Gasteiger partial charge is 0.341 e. The molecule has 0 spiro atoms. The van der Waals surface area contributed by atoms with E-state index in [2.05, 4.69) is 19.9 Å². The molecule has 3 nitrogen and oxygen atoms in total. The predicted octanol–water partition coefficient (Wildman–Crippen LogP) is 2.57. The van der Waals surface area contributed by atoms with E-state index in [1.54, 1.807) is 0 Å². The molecule has 0 aromatic rings. The van der Waals surface area contributed by atoms with Crippen LogP contribution in [0.25, 0.3) is 0 Å². The van der Waals surface area contributed by atoms with E-state index in [4.69, 9.17) is 5.26 Å². The Bertz CT molecular complexity index is 291. The van der Waals surface area contributed by atoms with Gasteiger partial charge < -0.3 is 4.90 Å². The Labute approximate surface area is 98.4 Å². The van der Waals surface area contributed by atoms with Crippen molar-refractivity contribution in [1.82, 2.24) is 4.90 Å². The van der Waals surface area contributed by atoms with E-state index in [0.717, 1.165) is 25.9 Å². The zero-order valence-electron chi connectivity index (χ0n) is 10.6. The molecule has 0 aromatic carbocycles. The first-order valence-corrected chi connectivity index (χ1v) is 6.18. The van der Waals surface area contributed by atoms with Gasteiger partial charge in [-0.15, -0.1) is 0 Å². The van der Waals surface area contributed by atoms with Crippen LogP contribution in [0.3, 0.4) is 0 Å². The second-order valence-corrected chi connectivity index (χ2v) is 5.50. The lowest BCUT2D eigenvalue weighted by Crippen LogP contribution is -2.45. The third-order valence-electron chi connectivity index (χ3n) is 3.24. The average molecular weight is 222 g/mol. The van der Waals surface area contributed by atoms with Crippen LogP contribution in [0, 0.1) is 22.7 Å². The van der Waals surface area contributed by atoms with Crippen LogP contribution in [0.5, 0.6) is 0 Å². The Morgan fingerprint density at radius 3 is 2.75 bits per heavy atom. The number of nitrogens with zero attached hydrogens (tertiary/aromatic N) is 2. The van der Waals surface area contributed by atoms with Gasteiger partial charge in [0, 0.05) is 13.1 Å². The van der Waals surface area contributed by atoms with Crippen LogP contribution in [-0.2, 0) is 4.79 Å². The summed E-state index contributed by atoms with van der Waals surface area (Å²) < 4.78 is 0. The topological polar surface area (TPSA) is 44.1 Å². The highest BCUT2D eigenvalue weighted by Gasteiger charge is 2.32. The van der Waals surface area contributed by atoms with Gasteiger partial charge in [0.2, 0.25) is 5.91 Å². The van der Waals surface area contributed by atoms with Crippen molar-refractivity contribution in [2.45, 2.75) is 46.5 Å². The first kappa shape index (κ1) is 13.0. The summed E-state index contributed by atoms with van der Waals surface area (Å²) in [5.41, 5.74) is 0.208. The molecular formula is C13H22N2O. The summed E-state index contributed by atoms with van der Waals surface area (Å²) in [6.45, 7) is 8.01. The van der Waals surface area contributed by atoms with Crippen molar-refractivity contribution in [3.8, 4) is 6.07 Å². The van der Waals surface area contributed by atoms with Gasteiger partial charge in [-0.2, -0.15) is 5.26 Å². The summed E-state index contributed by atoms with van der Waals surface area (Å²) in [5.74, 6) is -0.393. The highest BCUT2D eigenvalue weighted by Crippen LogP contribution is 2.29. The van der Waals surface area contributed by atoms with Gasteiger partial charge in [-0.05, 0) is 24.7 Å². The second kappa shape index (κ2) is 5.34. The lowest BCUT2D eigenvalue weighted by atomic mass is 9.83. The van der Waals surface area contributed by atoms with Crippen LogP contribution in [0.1, 0.15) is 46.5 Å². The molecule has 0 N–H and O–H groups in total. The Balaban J connectivity index is 2.63.